The van der Waals surface area contributed by atoms with E-state index in [2.05, 4.69) is 4.74 Å². The first kappa shape index (κ1) is 17.2. The van der Waals surface area contributed by atoms with Crippen LogP contribution in [-0.2, 0) is 9.47 Å². The second-order valence-corrected chi connectivity index (χ2v) is 3.48. The zero-order valence-corrected chi connectivity index (χ0v) is 10.0. The zero-order valence-electron chi connectivity index (χ0n) is 10.0. The van der Waals surface area contributed by atoms with Crippen molar-refractivity contribution in [1.82, 2.24) is 0 Å². The van der Waals surface area contributed by atoms with Crippen LogP contribution in [0.3, 0.4) is 0 Å². The lowest BCUT2D eigenvalue weighted by Crippen LogP contribution is -2.19. The molecule has 0 aromatic rings. The highest BCUT2D eigenvalue weighted by molar-refractivity contribution is 4.47. The van der Waals surface area contributed by atoms with Crippen molar-refractivity contribution in [1.29, 1.82) is 0 Å². The predicted octanol–water partition coefficient (Wildman–Crippen LogP) is -0.222. The Morgan fingerprint density at radius 3 is 1.67 bits per heavy atom. The average Bonchev–Trinajstić information content (AvgIpc) is 2.14. The summed E-state index contributed by atoms with van der Waals surface area (Å²) in [5, 5.41) is 25.6. The SMILES string of the molecule is CC(O)COC(C)CO.COCC(C)O. The van der Waals surface area contributed by atoms with Crippen LogP contribution >= 0.6 is 0 Å². The van der Waals surface area contributed by atoms with Crippen molar-refractivity contribution in [2.24, 2.45) is 0 Å². The summed E-state index contributed by atoms with van der Waals surface area (Å²) in [6.07, 6.45) is -0.936. The molecule has 0 radical (unpaired) electrons. The van der Waals surface area contributed by atoms with Crippen LogP contribution in [0.5, 0.6) is 0 Å². The van der Waals surface area contributed by atoms with Gasteiger partial charge in [-0.15, -0.1) is 0 Å². The average molecular weight is 224 g/mol. The smallest absolute Gasteiger partial charge is 0.0779 e. The van der Waals surface area contributed by atoms with Crippen molar-refractivity contribution in [3.63, 3.8) is 0 Å². The van der Waals surface area contributed by atoms with Crippen LogP contribution in [-0.4, -0.2) is 60.6 Å². The molecular formula is C10H24O5. The van der Waals surface area contributed by atoms with Crippen LogP contribution < -0.4 is 0 Å². The molecule has 5 heteroatoms. The first-order valence-electron chi connectivity index (χ1n) is 5.01. The number of aliphatic hydroxyl groups is 3. The number of methoxy groups -OCH3 is 1. The summed E-state index contributed by atoms with van der Waals surface area (Å²) in [5.74, 6) is 0. The Hall–Kier alpha value is -0.200. The Morgan fingerprint density at radius 2 is 1.47 bits per heavy atom. The third-order valence-electron chi connectivity index (χ3n) is 1.29. The maximum Gasteiger partial charge on any atom is 0.0779 e. The fraction of sp³-hybridized carbons (Fsp3) is 1.00. The molecule has 0 heterocycles. The lowest BCUT2D eigenvalue weighted by Gasteiger charge is -2.10. The summed E-state index contributed by atoms with van der Waals surface area (Å²) in [6, 6.07) is 0. The number of ether oxygens (including phenoxy) is 2. The summed E-state index contributed by atoms with van der Waals surface area (Å²) in [6.45, 7) is 5.81. The molecule has 0 aliphatic carbocycles. The minimum atomic E-state index is -0.445. The van der Waals surface area contributed by atoms with Crippen molar-refractivity contribution in [3.8, 4) is 0 Å². The molecule has 15 heavy (non-hydrogen) atoms. The van der Waals surface area contributed by atoms with Gasteiger partial charge in [-0.2, -0.15) is 0 Å². The molecule has 0 aliphatic heterocycles. The first-order valence-corrected chi connectivity index (χ1v) is 5.01. The van der Waals surface area contributed by atoms with Gasteiger partial charge < -0.3 is 24.8 Å². The van der Waals surface area contributed by atoms with E-state index < -0.39 is 6.10 Å². The minimum Gasteiger partial charge on any atom is -0.394 e. The number of hydrogen-bond acceptors (Lipinski definition) is 5. The Kier molecular flexibility index (Phi) is 13.6. The lowest BCUT2D eigenvalue weighted by molar-refractivity contribution is -0.0177. The van der Waals surface area contributed by atoms with Crippen LogP contribution in [0, 0.1) is 0 Å². The molecule has 94 valence electrons. The van der Waals surface area contributed by atoms with Gasteiger partial charge in [-0.05, 0) is 20.8 Å². The van der Waals surface area contributed by atoms with E-state index in [9.17, 15) is 0 Å². The van der Waals surface area contributed by atoms with Crippen molar-refractivity contribution in [2.45, 2.75) is 39.1 Å². The number of aliphatic hydroxyl groups excluding tert-OH is 3. The molecule has 0 aliphatic rings. The number of rotatable bonds is 6. The predicted molar refractivity (Wildman–Crippen MR) is 57.7 cm³/mol. The van der Waals surface area contributed by atoms with Gasteiger partial charge in [-0.25, -0.2) is 0 Å². The van der Waals surface area contributed by atoms with E-state index in [4.69, 9.17) is 20.1 Å². The van der Waals surface area contributed by atoms with E-state index in [0.717, 1.165) is 0 Å². The highest BCUT2D eigenvalue weighted by Crippen LogP contribution is 1.90. The molecule has 0 spiro atoms. The fourth-order valence-corrected chi connectivity index (χ4v) is 0.597. The maximum absolute atomic E-state index is 8.69. The molecule has 0 aromatic heterocycles. The summed E-state index contributed by atoms with van der Waals surface area (Å²) >= 11 is 0. The molecule has 5 nitrogen and oxygen atoms in total. The zero-order chi connectivity index (χ0) is 12.3. The third-order valence-corrected chi connectivity index (χ3v) is 1.29. The Bertz CT molecular complexity index is 116. The van der Waals surface area contributed by atoms with Gasteiger partial charge in [0, 0.05) is 7.11 Å². The van der Waals surface area contributed by atoms with E-state index in [1.165, 1.54) is 0 Å². The van der Waals surface area contributed by atoms with Crippen LogP contribution in [0.1, 0.15) is 20.8 Å². The quantitative estimate of drug-likeness (QED) is 0.581. The van der Waals surface area contributed by atoms with Gasteiger partial charge in [0.25, 0.3) is 0 Å². The molecule has 0 aromatic carbocycles. The minimum absolute atomic E-state index is 0.00667. The van der Waals surface area contributed by atoms with Crippen LogP contribution in [0.4, 0.5) is 0 Å². The van der Waals surface area contributed by atoms with Gasteiger partial charge >= 0.3 is 0 Å². The van der Waals surface area contributed by atoms with Gasteiger partial charge in [0.2, 0.25) is 0 Å². The fourth-order valence-electron chi connectivity index (χ4n) is 0.597. The largest absolute Gasteiger partial charge is 0.394 e. The van der Waals surface area contributed by atoms with Crippen molar-refractivity contribution in [3.05, 3.63) is 0 Å². The van der Waals surface area contributed by atoms with E-state index >= 15 is 0 Å². The summed E-state index contributed by atoms with van der Waals surface area (Å²) < 4.78 is 9.51. The van der Waals surface area contributed by atoms with Gasteiger partial charge in [-0.1, -0.05) is 0 Å². The first-order chi connectivity index (χ1) is 6.93. The molecule has 0 saturated heterocycles. The van der Waals surface area contributed by atoms with E-state index in [1.807, 2.05) is 0 Å². The molecule has 0 amide bonds. The Morgan fingerprint density at radius 1 is 1.00 bits per heavy atom. The molecule has 0 fully saturated rings. The highest BCUT2D eigenvalue weighted by atomic mass is 16.5. The van der Waals surface area contributed by atoms with Crippen molar-refractivity contribution in [2.75, 3.05) is 26.9 Å². The molecular weight excluding hydrogens is 200 g/mol. The van der Waals surface area contributed by atoms with Crippen molar-refractivity contribution >= 4 is 0 Å². The molecule has 3 atom stereocenters. The van der Waals surface area contributed by atoms with Gasteiger partial charge in [0.1, 0.15) is 0 Å². The summed E-state index contributed by atoms with van der Waals surface area (Å²) in [5.41, 5.74) is 0. The monoisotopic (exact) mass is 224 g/mol. The van der Waals surface area contributed by atoms with Gasteiger partial charge in [0.05, 0.1) is 38.1 Å². The third kappa shape index (κ3) is 20.0. The topological polar surface area (TPSA) is 79.2 Å². The van der Waals surface area contributed by atoms with E-state index in [-0.39, 0.29) is 18.8 Å². The van der Waals surface area contributed by atoms with E-state index in [1.54, 1.807) is 27.9 Å². The standard InChI is InChI=1S/C6H14O3.C4H10O2/c1-5(8)4-9-6(2)3-7;1-4(5)3-6-2/h5-8H,3-4H2,1-2H3;4-5H,3H2,1-2H3. The van der Waals surface area contributed by atoms with Crippen LogP contribution in [0.2, 0.25) is 0 Å². The van der Waals surface area contributed by atoms with Gasteiger partial charge in [0.15, 0.2) is 0 Å². The van der Waals surface area contributed by atoms with Crippen LogP contribution in [0.25, 0.3) is 0 Å². The summed E-state index contributed by atoms with van der Waals surface area (Å²) in [7, 11) is 1.56. The number of hydrogen-bond donors (Lipinski definition) is 3. The second kappa shape index (κ2) is 11.9. The lowest BCUT2D eigenvalue weighted by atomic mass is 10.4. The Labute approximate surface area is 91.6 Å². The van der Waals surface area contributed by atoms with Crippen LogP contribution in [0.15, 0.2) is 0 Å². The molecule has 0 rings (SSSR count). The maximum atomic E-state index is 8.69. The molecule has 3 N–H and O–H groups in total. The normalized spacial score (nSPS) is 16.2. The van der Waals surface area contributed by atoms with Crippen molar-refractivity contribution < 1.29 is 24.8 Å². The Balaban J connectivity index is 0. The van der Waals surface area contributed by atoms with E-state index in [0.29, 0.717) is 13.2 Å². The molecule has 0 bridgehead atoms. The molecule has 0 saturated carbocycles. The molecule has 3 unspecified atom stereocenters. The van der Waals surface area contributed by atoms with Gasteiger partial charge in [-0.3, -0.25) is 0 Å². The summed E-state index contributed by atoms with van der Waals surface area (Å²) in [4.78, 5) is 0. The second-order valence-electron chi connectivity index (χ2n) is 3.48. The highest BCUT2D eigenvalue weighted by Gasteiger charge is 2.00.